The van der Waals surface area contributed by atoms with Gasteiger partial charge in [-0.15, -0.1) is 0 Å². The van der Waals surface area contributed by atoms with Gasteiger partial charge in [-0.05, 0) is 18.2 Å². The van der Waals surface area contributed by atoms with E-state index in [2.05, 4.69) is 4.98 Å². The predicted molar refractivity (Wildman–Crippen MR) is 53.7 cm³/mol. The Balaban J connectivity index is 2.67. The second-order valence-corrected chi connectivity index (χ2v) is 3.30. The second kappa shape index (κ2) is 3.27. The molecule has 0 unspecified atom stereocenters. The van der Waals surface area contributed by atoms with Crippen LogP contribution in [0.3, 0.4) is 0 Å². The van der Waals surface area contributed by atoms with Crippen LogP contribution in [0.5, 0.6) is 0 Å². The van der Waals surface area contributed by atoms with Gasteiger partial charge in [0.15, 0.2) is 0 Å². The molecule has 0 atom stereocenters. The van der Waals surface area contributed by atoms with Crippen molar-refractivity contribution in [3.63, 3.8) is 0 Å². The molecule has 3 nitrogen and oxygen atoms in total. The molecule has 2 aromatic rings. The van der Waals surface area contributed by atoms with Crippen LogP contribution in [0.25, 0.3) is 10.9 Å². The summed E-state index contributed by atoms with van der Waals surface area (Å²) in [5.74, 6) is -0.977. The number of carboxylic acid groups (broad SMARTS) is 1. The van der Waals surface area contributed by atoms with Crippen molar-refractivity contribution in [2.75, 3.05) is 0 Å². The number of aromatic carboxylic acids is 1. The summed E-state index contributed by atoms with van der Waals surface area (Å²) in [4.78, 5) is 14.6. The van der Waals surface area contributed by atoms with E-state index in [1.807, 2.05) is 0 Å². The van der Waals surface area contributed by atoms with E-state index in [1.165, 1.54) is 6.20 Å². The van der Waals surface area contributed by atoms with E-state index < -0.39 is 5.97 Å². The Morgan fingerprint density at radius 3 is 2.86 bits per heavy atom. The van der Waals surface area contributed by atoms with Crippen LogP contribution in [0.15, 0.2) is 30.5 Å². The lowest BCUT2D eigenvalue weighted by atomic mass is 10.1. The van der Waals surface area contributed by atoms with Crippen LogP contribution in [0, 0.1) is 0 Å². The molecule has 0 aliphatic heterocycles. The van der Waals surface area contributed by atoms with Crippen molar-refractivity contribution in [2.45, 2.75) is 0 Å². The number of carboxylic acids is 1. The van der Waals surface area contributed by atoms with Crippen molar-refractivity contribution in [3.8, 4) is 0 Å². The Morgan fingerprint density at radius 1 is 1.36 bits per heavy atom. The molecule has 0 bridgehead atoms. The average Bonchev–Trinajstić information content (AvgIpc) is 2.16. The number of aromatic nitrogens is 1. The zero-order valence-electron chi connectivity index (χ0n) is 7.07. The SMILES string of the molecule is O=C(O)c1cnc2cc(Cl)ccc2c1. The van der Waals surface area contributed by atoms with Gasteiger partial charge in [0.2, 0.25) is 0 Å². The van der Waals surface area contributed by atoms with Crippen LogP contribution in [-0.2, 0) is 0 Å². The van der Waals surface area contributed by atoms with Gasteiger partial charge in [0, 0.05) is 16.6 Å². The summed E-state index contributed by atoms with van der Waals surface area (Å²) >= 11 is 5.76. The third kappa shape index (κ3) is 1.54. The summed E-state index contributed by atoms with van der Waals surface area (Å²) in [5, 5.41) is 10.1. The molecule has 1 heterocycles. The highest BCUT2D eigenvalue weighted by Gasteiger charge is 2.04. The van der Waals surface area contributed by atoms with Crippen molar-refractivity contribution >= 4 is 28.5 Å². The minimum atomic E-state index is -0.977. The first kappa shape index (κ1) is 8.97. The molecule has 70 valence electrons. The molecule has 0 saturated carbocycles. The maximum atomic E-state index is 10.6. The Bertz CT molecular complexity index is 510. The van der Waals surface area contributed by atoms with Crippen LogP contribution >= 0.6 is 11.6 Å². The highest BCUT2D eigenvalue weighted by Crippen LogP contribution is 2.18. The number of nitrogens with zero attached hydrogens (tertiary/aromatic N) is 1. The minimum absolute atomic E-state index is 0.180. The number of pyridine rings is 1. The second-order valence-electron chi connectivity index (χ2n) is 2.87. The lowest BCUT2D eigenvalue weighted by Gasteiger charge is -1.98. The molecule has 1 aromatic carbocycles. The van der Waals surface area contributed by atoms with E-state index in [9.17, 15) is 4.79 Å². The van der Waals surface area contributed by atoms with E-state index in [0.717, 1.165) is 5.39 Å². The summed E-state index contributed by atoms with van der Waals surface area (Å²) in [6.45, 7) is 0. The fraction of sp³-hybridized carbons (Fsp3) is 0. The van der Waals surface area contributed by atoms with Crippen LogP contribution in [0.1, 0.15) is 10.4 Å². The summed E-state index contributed by atoms with van der Waals surface area (Å²) in [7, 11) is 0. The molecule has 1 N–H and O–H groups in total. The van der Waals surface area contributed by atoms with Gasteiger partial charge in [-0.3, -0.25) is 4.98 Å². The van der Waals surface area contributed by atoms with Gasteiger partial charge in [-0.1, -0.05) is 17.7 Å². The number of hydrogen-bond acceptors (Lipinski definition) is 2. The predicted octanol–water partition coefficient (Wildman–Crippen LogP) is 2.59. The normalized spacial score (nSPS) is 10.4. The first-order chi connectivity index (χ1) is 6.66. The molecule has 14 heavy (non-hydrogen) atoms. The van der Waals surface area contributed by atoms with Crippen molar-refractivity contribution in [3.05, 3.63) is 41.0 Å². The van der Waals surface area contributed by atoms with Crippen molar-refractivity contribution < 1.29 is 9.90 Å². The van der Waals surface area contributed by atoms with E-state index in [0.29, 0.717) is 10.5 Å². The van der Waals surface area contributed by atoms with Gasteiger partial charge >= 0.3 is 5.97 Å². The first-order valence-electron chi connectivity index (χ1n) is 3.95. The summed E-state index contributed by atoms with van der Waals surface area (Å²) in [5.41, 5.74) is 0.877. The highest BCUT2D eigenvalue weighted by atomic mass is 35.5. The minimum Gasteiger partial charge on any atom is -0.478 e. The fourth-order valence-electron chi connectivity index (χ4n) is 1.21. The van der Waals surface area contributed by atoms with Crippen molar-refractivity contribution in [1.29, 1.82) is 0 Å². The standard InChI is InChI=1S/C10H6ClNO2/c11-8-2-1-6-3-7(10(13)14)5-12-9(6)4-8/h1-5H,(H,13,14). The molecule has 0 aliphatic rings. The van der Waals surface area contributed by atoms with E-state index in [4.69, 9.17) is 16.7 Å². The van der Waals surface area contributed by atoms with Gasteiger partial charge in [-0.2, -0.15) is 0 Å². The maximum absolute atomic E-state index is 10.6. The zero-order valence-corrected chi connectivity index (χ0v) is 7.82. The molecule has 0 amide bonds. The molecule has 0 spiro atoms. The average molecular weight is 208 g/mol. The van der Waals surface area contributed by atoms with Gasteiger partial charge in [0.1, 0.15) is 0 Å². The largest absolute Gasteiger partial charge is 0.478 e. The molecule has 4 heteroatoms. The van der Waals surface area contributed by atoms with Crippen molar-refractivity contribution in [2.24, 2.45) is 0 Å². The zero-order chi connectivity index (χ0) is 10.1. The molecule has 0 fully saturated rings. The molecule has 0 radical (unpaired) electrons. The third-order valence-corrected chi connectivity index (χ3v) is 2.13. The van der Waals surface area contributed by atoms with Crippen molar-refractivity contribution in [1.82, 2.24) is 4.98 Å². The number of fused-ring (bicyclic) bond motifs is 1. The molecular formula is C10H6ClNO2. The molecular weight excluding hydrogens is 202 g/mol. The summed E-state index contributed by atoms with van der Waals surface area (Å²) < 4.78 is 0. The molecule has 0 saturated heterocycles. The number of halogens is 1. The number of hydrogen-bond donors (Lipinski definition) is 1. The number of rotatable bonds is 1. The Labute approximate surface area is 85.0 Å². The highest BCUT2D eigenvalue weighted by molar-refractivity contribution is 6.31. The lowest BCUT2D eigenvalue weighted by Crippen LogP contribution is -1.96. The Morgan fingerprint density at radius 2 is 2.14 bits per heavy atom. The van der Waals surface area contributed by atoms with E-state index in [1.54, 1.807) is 24.3 Å². The molecule has 2 rings (SSSR count). The van der Waals surface area contributed by atoms with Crippen LogP contribution in [0.4, 0.5) is 0 Å². The fourth-order valence-corrected chi connectivity index (χ4v) is 1.38. The molecule has 0 aliphatic carbocycles. The van der Waals surface area contributed by atoms with E-state index >= 15 is 0 Å². The van der Waals surface area contributed by atoms with Gasteiger partial charge in [0.05, 0.1) is 11.1 Å². The summed E-state index contributed by atoms with van der Waals surface area (Å²) in [6.07, 6.45) is 1.32. The third-order valence-electron chi connectivity index (χ3n) is 1.89. The van der Waals surface area contributed by atoms with Crippen LogP contribution in [-0.4, -0.2) is 16.1 Å². The van der Waals surface area contributed by atoms with Gasteiger partial charge < -0.3 is 5.11 Å². The number of carbonyl (C=O) groups is 1. The first-order valence-corrected chi connectivity index (χ1v) is 4.33. The van der Waals surface area contributed by atoms with Crippen LogP contribution in [0.2, 0.25) is 5.02 Å². The van der Waals surface area contributed by atoms with Gasteiger partial charge in [0.25, 0.3) is 0 Å². The van der Waals surface area contributed by atoms with E-state index in [-0.39, 0.29) is 5.56 Å². The van der Waals surface area contributed by atoms with Gasteiger partial charge in [-0.25, -0.2) is 4.79 Å². The maximum Gasteiger partial charge on any atom is 0.337 e. The Hall–Kier alpha value is -1.61. The monoisotopic (exact) mass is 207 g/mol. The summed E-state index contributed by atoms with van der Waals surface area (Å²) in [6, 6.07) is 6.72. The smallest absolute Gasteiger partial charge is 0.337 e. The molecule has 1 aromatic heterocycles. The topological polar surface area (TPSA) is 50.2 Å². The Kier molecular flexibility index (Phi) is 2.09. The number of benzene rings is 1. The van der Waals surface area contributed by atoms with Crippen LogP contribution < -0.4 is 0 Å². The quantitative estimate of drug-likeness (QED) is 0.782. The lowest BCUT2D eigenvalue weighted by molar-refractivity contribution is 0.0696.